The molecule has 1 aromatic carbocycles. The molecule has 0 bridgehead atoms. The summed E-state index contributed by atoms with van der Waals surface area (Å²) in [4.78, 5) is 12.1. The first-order valence-electron chi connectivity index (χ1n) is 5.91. The molecule has 17 heavy (non-hydrogen) atoms. The minimum atomic E-state index is 0.0841. The highest BCUT2D eigenvalue weighted by Crippen LogP contribution is 2.22. The smallest absolute Gasteiger partial charge is 0.166 e. The average molecular weight is 234 g/mol. The van der Waals surface area contributed by atoms with Crippen LogP contribution in [0.2, 0.25) is 0 Å². The van der Waals surface area contributed by atoms with Gasteiger partial charge in [0.05, 0.1) is 7.11 Å². The van der Waals surface area contributed by atoms with Crippen molar-refractivity contribution in [1.82, 2.24) is 5.32 Å². The average Bonchev–Trinajstić information content (AvgIpc) is 2.82. The van der Waals surface area contributed by atoms with E-state index in [0.717, 1.165) is 19.4 Å². The van der Waals surface area contributed by atoms with Crippen LogP contribution in [0.3, 0.4) is 0 Å². The van der Waals surface area contributed by atoms with E-state index in [-0.39, 0.29) is 5.78 Å². The molecule has 1 atom stereocenters. The first-order valence-corrected chi connectivity index (χ1v) is 5.91. The Morgan fingerprint density at radius 3 is 3.06 bits per heavy atom. The monoisotopic (exact) mass is 234 g/mol. The summed E-state index contributed by atoms with van der Waals surface area (Å²) in [6.07, 6.45) is 2.72. The summed E-state index contributed by atoms with van der Waals surface area (Å²) < 4.78 is 5.11. The highest BCUT2D eigenvalue weighted by atomic mass is 16.5. The number of nitrogen functional groups attached to an aromatic ring is 1. The van der Waals surface area contributed by atoms with E-state index in [9.17, 15) is 4.79 Å². The third kappa shape index (κ3) is 2.77. The van der Waals surface area contributed by atoms with E-state index in [0.29, 0.717) is 29.5 Å². The molecule has 0 aliphatic carbocycles. The number of Topliss-reactive ketones (excluding diaryl/α,β-unsaturated/α-hetero) is 1. The van der Waals surface area contributed by atoms with Gasteiger partial charge in [-0.3, -0.25) is 4.79 Å². The first-order chi connectivity index (χ1) is 8.20. The largest absolute Gasteiger partial charge is 0.497 e. The molecule has 1 unspecified atom stereocenters. The predicted octanol–water partition coefficient (Wildman–Crippen LogP) is 1.60. The summed E-state index contributed by atoms with van der Waals surface area (Å²) in [5.74, 6) is 0.753. The van der Waals surface area contributed by atoms with Gasteiger partial charge in [-0.25, -0.2) is 0 Å². The molecular formula is C13H18N2O2. The molecule has 1 heterocycles. The van der Waals surface area contributed by atoms with Crippen molar-refractivity contribution < 1.29 is 9.53 Å². The number of nitrogens with two attached hydrogens (primary N) is 1. The normalized spacial score (nSPS) is 19.2. The third-order valence-electron chi connectivity index (χ3n) is 3.16. The lowest BCUT2D eigenvalue weighted by molar-refractivity contribution is 0.0972. The Morgan fingerprint density at radius 2 is 2.41 bits per heavy atom. The molecule has 0 radical (unpaired) electrons. The van der Waals surface area contributed by atoms with Gasteiger partial charge in [-0.1, -0.05) is 0 Å². The standard InChI is InChI=1S/C13H18N2O2/c1-17-10-4-5-12(14)11(8-10)13(16)7-9-3-2-6-15-9/h4-5,8-9,15H,2-3,6-7,14H2,1H3. The molecule has 1 aliphatic rings. The fourth-order valence-corrected chi connectivity index (χ4v) is 2.17. The second kappa shape index (κ2) is 5.19. The molecule has 92 valence electrons. The number of hydrogen-bond acceptors (Lipinski definition) is 4. The van der Waals surface area contributed by atoms with Gasteiger partial charge in [0.1, 0.15) is 5.75 Å². The number of anilines is 1. The summed E-state index contributed by atoms with van der Waals surface area (Å²) in [5, 5.41) is 3.31. The van der Waals surface area contributed by atoms with Gasteiger partial charge in [-0.15, -0.1) is 0 Å². The molecule has 1 aromatic rings. The van der Waals surface area contributed by atoms with Crippen LogP contribution in [0.15, 0.2) is 18.2 Å². The second-order valence-corrected chi connectivity index (χ2v) is 4.37. The van der Waals surface area contributed by atoms with Crippen LogP contribution in [-0.2, 0) is 0 Å². The van der Waals surface area contributed by atoms with Crippen LogP contribution in [0, 0.1) is 0 Å². The molecule has 2 rings (SSSR count). The van der Waals surface area contributed by atoms with Gasteiger partial charge in [0.25, 0.3) is 0 Å². The Morgan fingerprint density at radius 1 is 1.59 bits per heavy atom. The lowest BCUT2D eigenvalue weighted by Gasteiger charge is -2.11. The third-order valence-corrected chi connectivity index (χ3v) is 3.16. The van der Waals surface area contributed by atoms with E-state index in [1.54, 1.807) is 25.3 Å². The molecule has 0 amide bonds. The molecule has 0 spiro atoms. The lowest BCUT2D eigenvalue weighted by Crippen LogP contribution is -2.24. The number of methoxy groups -OCH3 is 1. The van der Waals surface area contributed by atoms with Crippen LogP contribution in [0.1, 0.15) is 29.6 Å². The maximum absolute atomic E-state index is 12.1. The summed E-state index contributed by atoms with van der Waals surface area (Å²) in [6.45, 7) is 1.01. The van der Waals surface area contributed by atoms with E-state index in [1.165, 1.54) is 0 Å². The lowest BCUT2D eigenvalue weighted by atomic mass is 10.0. The van der Waals surface area contributed by atoms with Crippen LogP contribution in [0.5, 0.6) is 5.75 Å². The van der Waals surface area contributed by atoms with Gasteiger partial charge in [0.15, 0.2) is 5.78 Å². The van der Waals surface area contributed by atoms with Crippen LogP contribution in [0.25, 0.3) is 0 Å². The molecule has 1 aliphatic heterocycles. The van der Waals surface area contributed by atoms with E-state index in [4.69, 9.17) is 10.5 Å². The topological polar surface area (TPSA) is 64.3 Å². The zero-order chi connectivity index (χ0) is 12.3. The molecule has 1 fully saturated rings. The van der Waals surface area contributed by atoms with Gasteiger partial charge in [0, 0.05) is 23.7 Å². The summed E-state index contributed by atoms with van der Waals surface area (Å²) in [7, 11) is 1.58. The van der Waals surface area contributed by atoms with Crippen molar-refractivity contribution in [3.63, 3.8) is 0 Å². The Labute approximate surface area is 101 Å². The van der Waals surface area contributed by atoms with Crippen LogP contribution in [0.4, 0.5) is 5.69 Å². The maximum atomic E-state index is 12.1. The number of rotatable bonds is 4. The van der Waals surface area contributed by atoms with Gasteiger partial charge >= 0.3 is 0 Å². The number of carbonyl (C=O) groups is 1. The summed E-state index contributed by atoms with van der Waals surface area (Å²) in [5.41, 5.74) is 6.91. The molecule has 3 N–H and O–H groups in total. The number of carbonyl (C=O) groups excluding carboxylic acids is 1. The second-order valence-electron chi connectivity index (χ2n) is 4.37. The fourth-order valence-electron chi connectivity index (χ4n) is 2.17. The van der Waals surface area contributed by atoms with E-state index >= 15 is 0 Å². The summed E-state index contributed by atoms with van der Waals surface area (Å²) in [6, 6.07) is 5.49. The molecule has 4 nitrogen and oxygen atoms in total. The van der Waals surface area contributed by atoms with Crippen molar-refractivity contribution >= 4 is 11.5 Å². The van der Waals surface area contributed by atoms with Crippen molar-refractivity contribution in [2.24, 2.45) is 0 Å². The van der Waals surface area contributed by atoms with Crippen molar-refractivity contribution in [3.8, 4) is 5.75 Å². The predicted molar refractivity (Wildman–Crippen MR) is 67.4 cm³/mol. The maximum Gasteiger partial charge on any atom is 0.166 e. The van der Waals surface area contributed by atoms with Gasteiger partial charge in [-0.05, 0) is 37.6 Å². The van der Waals surface area contributed by atoms with Crippen LogP contribution >= 0.6 is 0 Å². The number of ketones is 1. The molecule has 4 heteroatoms. The zero-order valence-corrected chi connectivity index (χ0v) is 10.0. The SMILES string of the molecule is COc1ccc(N)c(C(=O)CC2CCCN2)c1. The number of benzene rings is 1. The van der Waals surface area contributed by atoms with Crippen molar-refractivity contribution in [1.29, 1.82) is 0 Å². The Balaban J connectivity index is 2.11. The minimum Gasteiger partial charge on any atom is -0.497 e. The van der Waals surface area contributed by atoms with Gasteiger partial charge < -0.3 is 15.8 Å². The minimum absolute atomic E-state index is 0.0841. The quantitative estimate of drug-likeness (QED) is 0.613. The van der Waals surface area contributed by atoms with Crippen LogP contribution in [-0.4, -0.2) is 25.5 Å². The number of hydrogen-bond donors (Lipinski definition) is 2. The van der Waals surface area contributed by atoms with Crippen molar-refractivity contribution in [2.75, 3.05) is 19.4 Å². The fraction of sp³-hybridized carbons (Fsp3) is 0.462. The highest BCUT2D eigenvalue weighted by molar-refractivity contribution is 6.01. The molecular weight excluding hydrogens is 216 g/mol. The number of ether oxygens (including phenoxy) is 1. The van der Waals surface area contributed by atoms with Crippen molar-refractivity contribution in [3.05, 3.63) is 23.8 Å². The Bertz CT molecular complexity index is 412. The number of nitrogens with one attached hydrogen (secondary N) is 1. The first kappa shape index (κ1) is 11.9. The molecule has 0 aromatic heterocycles. The van der Waals surface area contributed by atoms with Gasteiger partial charge in [0.2, 0.25) is 0 Å². The van der Waals surface area contributed by atoms with E-state index < -0.39 is 0 Å². The molecule has 0 saturated carbocycles. The van der Waals surface area contributed by atoms with Crippen molar-refractivity contribution in [2.45, 2.75) is 25.3 Å². The zero-order valence-electron chi connectivity index (χ0n) is 10.0. The molecule has 1 saturated heterocycles. The van der Waals surface area contributed by atoms with E-state index in [2.05, 4.69) is 5.32 Å². The Hall–Kier alpha value is -1.55. The van der Waals surface area contributed by atoms with Gasteiger partial charge in [-0.2, -0.15) is 0 Å². The summed E-state index contributed by atoms with van der Waals surface area (Å²) >= 11 is 0. The van der Waals surface area contributed by atoms with E-state index in [1.807, 2.05) is 0 Å². The highest BCUT2D eigenvalue weighted by Gasteiger charge is 2.20. The Kier molecular flexibility index (Phi) is 3.64. The van der Waals surface area contributed by atoms with Crippen LogP contribution < -0.4 is 15.8 Å².